The number of ether oxygens (including phenoxy) is 1. The third-order valence-electron chi connectivity index (χ3n) is 5.50. The van der Waals surface area contributed by atoms with Gasteiger partial charge in [0.2, 0.25) is 11.8 Å². The zero-order valence-corrected chi connectivity index (χ0v) is 18.7. The average Bonchev–Trinajstić information content (AvgIpc) is 3.31. The van der Waals surface area contributed by atoms with Crippen LogP contribution in [0.15, 0.2) is 47.1 Å². The number of morpholine rings is 1. The Bertz CT molecular complexity index is 835. The molecule has 2 amide bonds. The molecular weight excluding hydrogens is 413 g/mol. The summed E-state index contributed by atoms with van der Waals surface area (Å²) in [5.74, 6) is 0.142. The molecule has 2 heterocycles. The van der Waals surface area contributed by atoms with Crippen molar-refractivity contribution in [3.05, 3.63) is 59.8 Å². The van der Waals surface area contributed by atoms with Crippen LogP contribution in [0, 0.1) is 5.82 Å². The van der Waals surface area contributed by atoms with E-state index in [0.29, 0.717) is 45.0 Å². The highest BCUT2D eigenvalue weighted by Crippen LogP contribution is 2.13. The highest BCUT2D eigenvalue weighted by atomic mass is 19.1. The molecule has 32 heavy (non-hydrogen) atoms. The van der Waals surface area contributed by atoms with Crippen molar-refractivity contribution in [2.24, 2.45) is 0 Å². The van der Waals surface area contributed by atoms with Crippen LogP contribution in [0.4, 0.5) is 4.39 Å². The first-order chi connectivity index (χ1) is 15.5. The molecule has 1 aromatic carbocycles. The molecule has 0 radical (unpaired) electrons. The van der Waals surface area contributed by atoms with Crippen molar-refractivity contribution in [1.29, 1.82) is 0 Å². The van der Waals surface area contributed by atoms with Gasteiger partial charge in [0.15, 0.2) is 0 Å². The number of rotatable bonds is 11. The lowest BCUT2D eigenvalue weighted by Crippen LogP contribution is -2.47. The van der Waals surface area contributed by atoms with E-state index in [9.17, 15) is 14.0 Å². The van der Waals surface area contributed by atoms with Crippen molar-refractivity contribution in [2.45, 2.75) is 32.9 Å². The Balaban J connectivity index is 1.68. The third kappa shape index (κ3) is 7.46. The average molecular weight is 446 g/mol. The van der Waals surface area contributed by atoms with E-state index >= 15 is 0 Å². The number of furan rings is 1. The summed E-state index contributed by atoms with van der Waals surface area (Å²) in [6.45, 7) is 6.80. The van der Waals surface area contributed by atoms with Crippen LogP contribution in [0.1, 0.15) is 31.1 Å². The van der Waals surface area contributed by atoms with Crippen LogP contribution < -0.4 is 0 Å². The minimum Gasteiger partial charge on any atom is -0.467 e. The van der Waals surface area contributed by atoms with Crippen LogP contribution in [0.3, 0.4) is 0 Å². The van der Waals surface area contributed by atoms with Crippen LogP contribution in [0.5, 0.6) is 0 Å². The molecule has 0 spiro atoms. The number of nitrogens with zero attached hydrogens (tertiary/aromatic N) is 3. The van der Waals surface area contributed by atoms with Gasteiger partial charge >= 0.3 is 0 Å². The Labute approximate surface area is 188 Å². The maximum absolute atomic E-state index is 13.3. The minimum absolute atomic E-state index is 0.00504. The van der Waals surface area contributed by atoms with Gasteiger partial charge in [-0.25, -0.2) is 4.39 Å². The molecule has 1 aliphatic rings. The normalized spacial score (nSPS) is 14.3. The number of carbonyl (C=O) groups excluding carboxylic acids is 2. The van der Waals surface area contributed by atoms with Gasteiger partial charge in [0.05, 0.1) is 32.6 Å². The molecule has 0 bridgehead atoms. The van der Waals surface area contributed by atoms with Crippen molar-refractivity contribution in [1.82, 2.24) is 14.7 Å². The Hall–Kier alpha value is -2.71. The first-order valence-electron chi connectivity index (χ1n) is 11.2. The zero-order chi connectivity index (χ0) is 22.8. The predicted octanol–water partition coefficient (Wildman–Crippen LogP) is 2.91. The highest BCUT2D eigenvalue weighted by molar-refractivity contribution is 5.84. The Morgan fingerprint density at radius 1 is 1.03 bits per heavy atom. The van der Waals surface area contributed by atoms with E-state index in [0.717, 1.165) is 25.1 Å². The maximum Gasteiger partial charge on any atom is 0.242 e. The SMILES string of the molecule is CCCC(=O)N(CCN1CCOCC1)CC(=O)N(Cc1ccc(F)cc1)Cc1ccco1. The molecule has 1 fully saturated rings. The molecule has 0 atom stereocenters. The van der Waals surface area contributed by atoms with Crippen molar-refractivity contribution in [3.63, 3.8) is 0 Å². The van der Waals surface area contributed by atoms with Gasteiger partial charge in [-0.2, -0.15) is 0 Å². The minimum atomic E-state index is -0.322. The van der Waals surface area contributed by atoms with Crippen LogP contribution in [-0.4, -0.2) is 72.5 Å². The number of hydrogen-bond donors (Lipinski definition) is 0. The van der Waals surface area contributed by atoms with E-state index in [1.165, 1.54) is 12.1 Å². The Kier molecular flexibility index (Phi) is 9.25. The van der Waals surface area contributed by atoms with Crippen LogP contribution in [0.25, 0.3) is 0 Å². The number of amides is 2. The molecule has 8 heteroatoms. The predicted molar refractivity (Wildman–Crippen MR) is 118 cm³/mol. The van der Waals surface area contributed by atoms with Gasteiger partial charge < -0.3 is 19.0 Å². The van der Waals surface area contributed by atoms with Crippen LogP contribution in [0.2, 0.25) is 0 Å². The van der Waals surface area contributed by atoms with Crippen molar-refractivity contribution in [3.8, 4) is 0 Å². The highest BCUT2D eigenvalue weighted by Gasteiger charge is 2.23. The molecule has 7 nitrogen and oxygen atoms in total. The lowest BCUT2D eigenvalue weighted by Gasteiger charge is -2.31. The summed E-state index contributed by atoms with van der Waals surface area (Å²) in [5.41, 5.74) is 0.811. The Morgan fingerprint density at radius 2 is 1.78 bits per heavy atom. The fourth-order valence-corrected chi connectivity index (χ4v) is 3.65. The molecule has 0 N–H and O–H groups in total. The molecule has 0 aliphatic carbocycles. The molecular formula is C24H32FN3O4. The molecule has 1 aliphatic heterocycles. The van der Waals surface area contributed by atoms with Crippen LogP contribution >= 0.6 is 0 Å². The summed E-state index contributed by atoms with van der Waals surface area (Å²) >= 11 is 0. The summed E-state index contributed by atoms with van der Waals surface area (Å²) in [4.78, 5) is 31.6. The molecule has 1 aromatic heterocycles. The summed E-state index contributed by atoms with van der Waals surface area (Å²) < 4.78 is 24.1. The standard InChI is InChI=1S/C24H32FN3O4/c1-2-4-23(29)27(11-10-26-12-15-31-16-13-26)19-24(30)28(18-22-5-3-14-32-22)17-20-6-8-21(25)9-7-20/h3,5-9,14H,2,4,10-13,15-19H2,1H3. The van der Waals surface area contributed by atoms with Gasteiger partial charge in [0, 0.05) is 39.1 Å². The third-order valence-corrected chi connectivity index (χ3v) is 5.50. The van der Waals surface area contributed by atoms with Gasteiger partial charge in [-0.05, 0) is 36.2 Å². The zero-order valence-electron chi connectivity index (χ0n) is 18.7. The number of halogens is 1. The second-order valence-electron chi connectivity index (χ2n) is 7.97. The fraction of sp³-hybridized carbons (Fsp3) is 0.500. The molecule has 2 aromatic rings. The lowest BCUT2D eigenvalue weighted by atomic mass is 10.2. The van der Waals surface area contributed by atoms with E-state index < -0.39 is 0 Å². The second kappa shape index (κ2) is 12.4. The van der Waals surface area contributed by atoms with Gasteiger partial charge in [0.1, 0.15) is 11.6 Å². The second-order valence-corrected chi connectivity index (χ2v) is 7.97. The molecule has 1 saturated heterocycles. The van der Waals surface area contributed by atoms with Gasteiger partial charge in [-0.1, -0.05) is 19.1 Å². The maximum atomic E-state index is 13.3. The number of benzene rings is 1. The van der Waals surface area contributed by atoms with Gasteiger partial charge in [0.25, 0.3) is 0 Å². The van der Waals surface area contributed by atoms with Gasteiger partial charge in [-0.15, -0.1) is 0 Å². The topological polar surface area (TPSA) is 66.2 Å². The smallest absolute Gasteiger partial charge is 0.242 e. The molecule has 3 rings (SSSR count). The van der Waals surface area contributed by atoms with Crippen molar-refractivity contribution in [2.75, 3.05) is 45.9 Å². The quantitative estimate of drug-likeness (QED) is 0.532. The largest absolute Gasteiger partial charge is 0.467 e. The molecule has 174 valence electrons. The summed E-state index contributed by atoms with van der Waals surface area (Å²) in [6, 6.07) is 9.67. The van der Waals surface area contributed by atoms with Crippen LogP contribution in [-0.2, 0) is 27.4 Å². The van der Waals surface area contributed by atoms with Crippen molar-refractivity contribution < 1.29 is 23.1 Å². The monoisotopic (exact) mass is 445 g/mol. The van der Waals surface area contributed by atoms with E-state index in [2.05, 4.69) is 4.90 Å². The Morgan fingerprint density at radius 3 is 2.44 bits per heavy atom. The molecule has 0 saturated carbocycles. The summed E-state index contributed by atoms with van der Waals surface area (Å²) in [5, 5.41) is 0. The fourth-order valence-electron chi connectivity index (χ4n) is 3.65. The lowest BCUT2D eigenvalue weighted by molar-refractivity contribution is -0.141. The first-order valence-corrected chi connectivity index (χ1v) is 11.2. The number of hydrogen-bond acceptors (Lipinski definition) is 5. The van der Waals surface area contributed by atoms with E-state index in [1.54, 1.807) is 34.3 Å². The first kappa shape index (κ1) is 23.9. The number of carbonyl (C=O) groups is 2. The summed E-state index contributed by atoms with van der Waals surface area (Å²) in [6.07, 6.45) is 2.70. The van der Waals surface area contributed by atoms with E-state index in [4.69, 9.17) is 9.15 Å². The van der Waals surface area contributed by atoms with Crippen molar-refractivity contribution >= 4 is 11.8 Å². The van der Waals surface area contributed by atoms with Gasteiger partial charge in [-0.3, -0.25) is 14.5 Å². The van der Waals surface area contributed by atoms with E-state index in [1.807, 2.05) is 13.0 Å². The molecule has 0 unspecified atom stereocenters. The summed E-state index contributed by atoms with van der Waals surface area (Å²) in [7, 11) is 0. The van der Waals surface area contributed by atoms with E-state index in [-0.39, 0.29) is 30.7 Å².